The van der Waals surface area contributed by atoms with Gasteiger partial charge in [0.15, 0.2) is 0 Å². The van der Waals surface area contributed by atoms with Gasteiger partial charge < -0.3 is 4.74 Å². The van der Waals surface area contributed by atoms with Crippen LogP contribution in [0.25, 0.3) is 6.08 Å². The highest BCUT2D eigenvalue weighted by molar-refractivity contribution is 5.94. The summed E-state index contributed by atoms with van der Waals surface area (Å²) in [4.78, 5) is 21.7. The molecule has 0 saturated heterocycles. The van der Waals surface area contributed by atoms with Crippen molar-refractivity contribution in [1.82, 2.24) is 0 Å². The van der Waals surface area contributed by atoms with Gasteiger partial charge in [-0.05, 0) is 24.6 Å². The van der Waals surface area contributed by atoms with Crippen LogP contribution in [0.4, 0.5) is 0 Å². The molecule has 0 atom stereocenters. The fraction of sp³-hybridized carbons (Fsp3) is 0.167. The van der Waals surface area contributed by atoms with Crippen molar-refractivity contribution < 1.29 is 14.3 Å². The second-order valence-electron chi connectivity index (χ2n) is 3.13. The van der Waals surface area contributed by atoms with E-state index in [1.807, 2.05) is 0 Å². The molecule has 0 aliphatic carbocycles. The molecule has 0 aromatic heterocycles. The van der Waals surface area contributed by atoms with E-state index in [9.17, 15) is 9.59 Å². The number of hydrogen-bond donors (Lipinski definition) is 0. The molecule has 3 heteroatoms. The zero-order valence-corrected chi connectivity index (χ0v) is 8.53. The predicted molar refractivity (Wildman–Crippen MR) is 57.5 cm³/mol. The Balaban J connectivity index is 2.61. The van der Waals surface area contributed by atoms with Gasteiger partial charge in [-0.2, -0.15) is 0 Å². The highest BCUT2D eigenvalue weighted by atomic mass is 16.5. The normalized spacial score (nSPS) is 9.40. The number of carbonyl (C=O) groups is 2. The van der Waals surface area contributed by atoms with E-state index in [1.54, 1.807) is 30.3 Å². The van der Waals surface area contributed by atoms with Crippen molar-refractivity contribution in [2.75, 3.05) is 0 Å². The number of hydrogen-bond acceptors (Lipinski definition) is 3. The lowest BCUT2D eigenvalue weighted by atomic mass is 10.2. The average Bonchev–Trinajstić information content (AvgIpc) is 2.17. The van der Waals surface area contributed by atoms with Gasteiger partial charge in [0.05, 0.1) is 0 Å². The number of carbonyl (C=O) groups excluding carboxylic acids is 2. The summed E-state index contributed by atoms with van der Waals surface area (Å²) in [7, 11) is 0. The summed E-state index contributed by atoms with van der Waals surface area (Å²) in [6.07, 6.45) is 1.50. The molecule has 0 N–H and O–H groups in total. The highest BCUT2D eigenvalue weighted by Crippen LogP contribution is 2.13. The van der Waals surface area contributed by atoms with Crippen molar-refractivity contribution in [2.24, 2.45) is 0 Å². The van der Waals surface area contributed by atoms with Gasteiger partial charge in [0, 0.05) is 0 Å². The van der Waals surface area contributed by atoms with Crippen LogP contribution in [0.1, 0.15) is 18.9 Å². The van der Waals surface area contributed by atoms with Crippen molar-refractivity contribution in [1.29, 1.82) is 0 Å². The number of ether oxygens (including phenoxy) is 1. The molecule has 0 spiro atoms. The SMILES string of the molecule is C=Cc1ccc(OC(=O)CC(C)=O)cc1. The lowest BCUT2D eigenvalue weighted by molar-refractivity contribution is -0.137. The molecule has 0 radical (unpaired) electrons. The monoisotopic (exact) mass is 204 g/mol. The van der Waals surface area contributed by atoms with Crippen LogP contribution in [-0.2, 0) is 9.59 Å². The molecule has 0 amide bonds. The molecular weight excluding hydrogens is 192 g/mol. The Morgan fingerprint density at radius 1 is 1.33 bits per heavy atom. The maximum absolute atomic E-state index is 11.1. The fourth-order valence-corrected chi connectivity index (χ4v) is 1.04. The Bertz CT molecular complexity index is 376. The lowest BCUT2D eigenvalue weighted by Gasteiger charge is -2.02. The van der Waals surface area contributed by atoms with Crippen molar-refractivity contribution in [3.63, 3.8) is 0 Å². The molecule has 0 bridgehead atoms. The minimum atomic E-state index is -0.533. The summed E-state index contributed by atoms with van der Waals surface area (Å²) in [5.74, 6) is -0.302. The summed E-state index contributed by atoms with van der Waals surface area (Å²) >= 11 is 0. The number of esters is 1. The Morgan fingerprint density at radius 2 is 1.93 bits per heavy atom. The highest BCUT2D eigenvalue weighted by Gasteiger charge is 2.07. The molecule has 3 nitrogen and oxygen atoms in total. The Morgan fingerprint density at radius 3 is 2.40 bits per heavy atom. The van der Waals surface area contributed by atoms with Gasteiger partial charge in [-0.1, -0.05) is 24.8 Å². The Labute approximate surface area is 88.4 Å². The van der Waals surface area contributed by atoms with Crippen molar-refractivity contribution in [3.8, 4) is 5.75 Å². The summed E-state index contributed by atoms with van der Waals surface area (Å²) in [6, 6.07) is 6.89. The molecule has 0 heterocycles. The molecule has 0 unspecified atom stereocenters. The van der Waals surface area contributed by atoms with E-state index in [0.29, 0.717) is 5.75 Å². The van der Waals surface area contributed by atoms with Crippen LogP contribution < -0.4 is 4.74 Å². The van der Waals surface area contributed by atoms with Crippen LogP contribution >= 0.6 is 0 Å². The molecule has 0 fully saturated rings. The molecular formula is C12H12O3. The van der Waals surface area contributed by atoms with E-state index < -0.39 is 5.97 Å². The predicted octanol–water partition coefficient (Wildman–Crippen LogP) is 2.21. The second-order valence-corrected chi connectivity index (χ2v) is 3.13. The summed E-state index contributed by atoms with van der Waals surface area (Å²) in [5.41, 5.74) is 0.946. The smallest absolute Gasteiger partial charge is 0.318 e. The molecule has 78 valence electrons. The van der Waals surface area contributed by atoms with Gasteiger partial charge in [-0.25, -0.2) is 0 Å². The van der Waals surface area contributed by atoms with Gasteiger partial charge in [-0.3, -0.25) is 9.59 Å². The number of Topliss-reactive ketones (excluding diaryl/α,β-unsaturated/α-hetero) is 1. The van der Waals surface area contributed by atoms with Crippen LogP contribution in [0.2, 0.25) is 0 Å². The number of ketones is 1. The third-order valence-corrected chi connectivity index (χ3v) is 1.74. The first-order chi connectivity index (χ1) is 7.11. The molecule has 0 aliphatic heterocycles. The zero-order chi connectivity index (χ0) is 11.3. The molecule has 0 aliphatic rings. The zero-order valence-electron chi connectivity index (χ0n) is 8.53. The summed E-state index contributed by atoms with van der Waals surface area (Å²) in [6.45, 7) is 4.96. The van der Waals surface area contributed by atoms with E-state index in [1.165, 1.54) is 6.92 Å². The van der Waals surface area contributed by atoms with Crippen LogP contribution in [-0.4, -0.2) is 11.8 Å². The van der Waals surface area contributed by atoms with Crippen LogP contribution in [0.15, 0.2) is 30.8 Å². The topological polar surface area (TPSA) is 43.4 Å². The van der Waals surface area contributed by atoms with Crippen molar-refractivity contribution in [3.05, 3.63) is 36.4 Å². The molecule has 15 heavy (non-hydrogen) atoms. The van der Waals surface area contributed by atoms with Crippen molar-refractivity contribution >= 4 is 17.8 Å². The van der Waals surface area contributed by atoms with E-state index in [4.69, 9.17) is 4.74 Å². The summed E-state index contributed by atoms with van der Waals surface area (Å²) in [5, 5.41) is 0. The molecule has 1 rings (SSSR count). The van der Waals surface area contributed by atoms with E-state index in [-0.39, 0.29) is 12.2 Å². The van der Waals surface area contributed by atoms with Crippen LogP contribution in [0, 0.1) is 0 Å². The standard InChI is InChI=1S/C12H12O3/c1-3-10-4-6-11(7-5-10)15-12(14)8-9(2)13/h3-7H,1,8H2,2H3. The van der Waals surface area contributed by atoms with Gasteiger partial charge in [0.1, 0.15) is 18.0 Å². The first kappa shape index (κ1) is 11.2. The third-order valence-electron chi connectivity index (χ3n) is 1.74. The van der Waals surface area contributed by atoms with Crippen LogP contribution in [0.3, 0.4) is 0 Å². The molecule has 0 saturated carbocycles. The minimum absolute atomic E-state index is 0.191. The summed E-state index contributed by atoms with van der Waals surface area (Å²) < 4.78 is 4.93. The van der Waals surface area contributed by atoms with Crippen molar-refractivity contribution in [2.45, 2.75) is 13.3 Å². The van der Waals surface area contributed by atoms with Gasteiger partial charge >= 0.3 is 5.97 Å². The van der Waals surface area contributed by atoms with E-state index in [2.05, 4.69) is 6.58 Å². The minimum Gasteiger partial charge on any atom is -0.426 e. The largest absolute Gasteiger partial charge is 0.426 e. The molecule has 1 aromatic carbocycles. The van der Waals surface area contributed by atoms with Crippen LogP contribution in [0.5, 0.6) is 5.75 Å². The van der Waals surface area contributed by atoms with Gasteiger partial charge in [0.2, 0.25) is 0 Å². The fourth-order valence-electron chi connectivity index (χ4n) is 1.04. The second kappa shape index (κ2) is 5.10. The lowest BCUT2D eigenvalue weighted by Crippen LogP contribution is -2.11. The molecule has 1 aromatic rings. The average molecular weight is 204 g/mol. The van der Waals surface area contributed by atoms with E-state index in [0.717, 1.165) is 5.56 Å². The maximum atomic E-state index is 11.1. The van der Waals surface area contributed by atoms with Gasteiger partial charge in [-0.15, -0.1) is 0 Å². The maximum Gasteiger partial charge on any atom is 0.318 e. The Kier molecular flexibility index (Phi) is 3.80. The van der Waals surface area contributed by atoms with Gasteiger partial charge in [0.25, 0.3) is 0 Å². The first-order valence-electron chi connectivity index (χ1n) is 4.54. The quantitative estimate of drug-likeness (QED) is 0.429. The number of benzene rings is 1. The number of rotatable bonds is 4. The van der Waals surface area contributed by atoms with E-state index >= 15 is 0 Å². The Hall–Kier alpha value is -1.90. The first-order valence-corrected chi connectivity index (χ1v) is 4.54. The third kappa shape index (κ3) is 3.77.